The highest BCUT2D eigenvalue weighted by atomic mass is 79.9. The molecule has 24 heavy (non-hydrogen) atoms. The maximum absolute atomic E-state index is 11.8. The molecule has 2 aromatic rings. The third-order valence-corrected chi connectivity index (χ3v) is 4.28. The minimum Gasteiger partial charge on any atom is -0.504 e. The Morgan fingerprint density at radius 1 is 1.46 bits per heavy atom. The first kappa shape index (κ1) is 18.8. The van der Waals surface area contributed by atoms with E-state index in [1.165, 1.54) is 12.3 Å². The van der Waals surface area contributed by atoms with Crippen LogP contribution >= 0.6 is 39.1 Å². The van der Waals surface area contributed by atoms with Gasteiger partial charge in [-0.15, -0.1) is 0 Å². The lowest BCUT2D eigenvalue weighted by molar-refractivity contribution is -0.127. The Morgan fingerprint density at radius 3 is 2.79 bits per heavy atom. The first-order valence-electron chi connectivity index (χ1n) is 7.12. The van der Waals surface area contributed by atoms with Gasteiger partial charge in [-0.2, -0.15) is 0 Å². The SMILES string of the molecule is CCNC(=O)C(C)Oc1c(Br)ccc(-c2ncc(Cl)cc2Cl)c1O. The molecule has 0 bridgehead atoms. The van der Waals surface area contributed by atoms with E-state index in [1.807, 2.05) is 6.92 Å². The number of benzene rings is 1. The summed E-state index contributed by atoms with van der Waals surface area (Å²) in [7, 11) is 0. The predicted molar refractivity (Wildman–Crippen MR) is 97.8 cm³/mol. The van der Waals surface area contributed by atoms with Crippen LogP contribution < -0.4 is 10.1 Å². The number of nitrogens with one attached hydrogen (secondary N) is 1. The summed E-state index contributed by atoms with van der Waals surface area (Å²) in [5.74, 6) is -0.312. The number of hydrogen-bond acceptors (Lipinski definition) is 4. The van der Waals surface area contributed by atoms with Gasteiger partial charge in [0, 0.05) is 18.3 Å². The molecule has 0 aliphatic rings. The van der Waals surface area contributed by atoms with Crippen molar-refractivity contribution in [3.8, 4) is 22.8 Å². The summed E-state index contributed by atoms with van der Waals surface area (Å²) in [6, 6.07) is 4.86. The molecule has 1 atom stereocenters. The number of aromatic nitrogens is 1. The lowest BCUT2D eigenvalue weighted by Gasteiger charge is -2.18. The molecular weight excluding hydrogens is 419 g/mol. The zero-order valence-corrected chi connectivity index (χ0v) is 16.0. The first-order valence-corrected chi connectivity index (χ1v) is 8.67. The summed E-state index contributed by atoms with van der Waals surface area (Å²) < 4.78 is 6.11. The summed E-state index contributed by atoms with van der Waals surface area (Å²) >= 11 is 15.3. The number of carbonyl (C=O) groups excluding carboxylic acids is 1. The summed E-state index contributed by atoms with van der Waals surface area (Å²) in [6.45, 7) is 3.90. The molecule has 8 heteroatoms. The number of phenols is 1. The Kier molecular flexibility index (Phi) is 6.32. The monoisotopic (exact) mass is 432 g/mol. The molecule has 0 aliphatic heterocycles. The van der Waals surface area contributed by atoms with E-state index in [9.17, 15) is 9.90 Å². The molecule has 2 rings (SSSR count). The second kappa shape index (κ2) is 8.05. The van der Waals surface area contributed by atoms with Gasteiger partial charge in [-0.05, 0) is 48.0 Å². The van der Waals surface area contributed by atoms with Gasteiger partial charge in [0.2, 0.25) is 0 Å². The summed E-state index contributed by atoms with van der Waals surface area (Å²) in [6.07, 6.45) is 0.651. The number of carbonyl (C=O) groups is 1. The number of pyridine rings is 1. The fourth-order valence-electron chi connectivity index (χ4n) is 2.01. The second-order valence-electron chi connectivity index (χ2n) is 4.91. The third-order valence-electron chi connectivity index (χ3n) is 3.16. The second-order valence-corrected chi connectivity index (χ2v) is 6.61. The number of nitrogens with zero attached hydrogens (tertiary/aromatic N) is 1. The average Bonchev–Trinajstić information content (AvgIpc) is 2.52. The molecule has 0 aliphatic carbocycles. The standard InChI is InChI=1S/C16H15BrCl2N2O3/c1-3-20-16(23)8(2)24-15-11(17)5-4-10(14(15)22)13-12(19)6-9(18)7-21-13/h4-8,22H,3H2,1-2H3,(H,20,23). The van der Waals surface area contributed by atoms with Crippen LogP contribution in [0.1, 0.15) is 13.8 Å². The Bertz CT molecular complexity index is 771. The Balaban J connectivity index is 2.42. The van der Waals surface area contributed by atoms with Gasteiger partial charge in [-0.25, -0.2) is 0 Å². The van der Waals surface area contributed by atoms with Crippen molar-refractivity contribution >= 4 is 45.0 Å². The van der Waals surface area contributed by atoms with Crippen molar-refractivity contribution in [1.29, 1.82) is 0 Å². The molecule has 0 saturated carbocycles. The van der Waals surface area contributed by atoms with Gasteiger partial charge in [0.25, 0.3) is 5.91 Å². The third kappa shape index (κ3) is 4.12. The molecule has 0 spiro atoms. The van der Waals surface area contributed by atoms with Crippen LogP contribution in [0.4, 0.5) is 0 Å². The van der Waals surface area contributed by atoms with Crippen molar-refractivity contribution in [3.63, 3.8) is 0 Å². The average molecular weight is 434 g/mol. The largest absolute Gasteiger partial charge is 0.504 e. The normalized spacial score (nSPS) is 11.9. The van der Waals surface area contributed by atoms with Gasteiger partial charge in [0.1, 0.15) is 0 Å². The van der Waals surface area contributed by atoms with E-state index >= 15 is 0 Å². The highest BCUT2D eigenvalue weighted by molar-refractivity contribution is 9.10. The van der Waals surface area contributed by atoms with Crippen molar-refractivity contribution in [2.24, 2.45) is 0 Å². The molecule has 0 fully saturated rings. The Morgan fingerprint density at radius 2 is 2.17 bits per heavy atom. The molecule has 128 valence electrons. The molecule has 1 amide bonds. The van der Waals surface area contributed by atoms with Crippen LogP contribution in [0.15, 0.2) is 28.9 Å². The summed E-state index contributed by atoms with van der Waals surface area (Å²) in [4.78, 5) is 16.0. The fourth-order valence-corrected chi connectivity index (χ4v) is 2.91. The van der Waals surface area contributed by atoms with Crippen molar-refractivity contribution < 1.29 is 14.6 Å². The lowest BCUT2D eigenvalue weighted by atomic mass is 10.1. The van der Waals surface area contributed by atoms with Crippen LogP contribution in [0, 0.1) is 0 Å². The van der Waals surface area contributed by atoms with Gasteiger partial charge in [0.05, 0.1) is 20.2 Å². The van der Waals surface area contributed by atoms with Crippen molar-refractivity contribution in [3.05, 3.63) is 38.9 Å². The summed E-state index contributed by atoms with van der Waals surface area (Å²) in [5, 5.41) is 13.9. The molecule has 0 radical (unpaired) electrons. The topological polar surface area (TPSA) is 71.5 Å². The highest BCUT2D eigenvalue weighted by Crippen LogP contribution is 2.44. The number of aromatic hydroxyl groups is 1. The molecule has 1 aromatic heterocycles. The quantitative estimate of drug-likeness (QED) is 0.731. The van der Waals surface area contributed by atoms with Crippen molar-refractivity contribution in [2.45, 2.75) is 20.0 Å². The number of rotatable bonds is 5. The maximum Gasteiger partial charge on any atom is 0.260 e. The maximum atomic E-state index is 11.8. The predicted octanol–water partition coefficient (Wildman–Crippen LogP) is 4.43. The fraction of sp³-hybridized carbons (Fsp3) is 0.250. The summed E-state index contributed by atoms with van der Waals surface area (Å²) in [5.41, 5.74) is 0.736. The number of amides is 1. The van der Waals surface area contributed by atoms with Crippen LogP contribution in [0.2, 0.25) is 10.0 Å². The molecular formula is C16H15BrCl2N2O3. The molecule has 2 N–H and O–H groups in total. The van der Waals surface area contributed by atoms with E-state index < -0.39 is 6.10 Å². The molecule has 0 saturated heterocycles. The van der Waals surface area contributed by atoms with E-state index in [0.717, 1.165) is 0 Å². The molecule has 1 heterocycles. The minimum absolute atomic E-state index is 0.138. The van der Waals surface area contributed by atoms with Crippen LogP contribution in [0.3, 0.4) is 0 Å². The molecule has 5 nitrogen and oxygen atoms in total. The van der Waals surface area contributed by atoms with E-state index in [2.05, 4.69) is 26.2 Å². The zero-order valence-electron chi connectivity index (χ0n) is 12.9. The van der Waals surface area contributed by atoms with Gasteiger partial charge in [0.15, 0.2) is 17.6 Å². The number of likely N-dealkylation sites (N-methyl/N-ethyl adjacent to an activating group) is 1. The Hall–Kier alpha value is -1.50. The van der Waals surface area contributed by atoms with E-state index in [1.54, 1.807) is 19.1 Å². The van der Waals surface area contributed by atoms with Crippen LogP contribution in [-0.4, -0.2) is 28.6 Å². The molecule has 1 unspecified atom stereocenters. The van der Waals surface area contributed by atoms with Crippen molar-refractivity contribution in [1.82, 2.24) is 10.3 Å². The number of halogens is 3. The number of hydrogen-bond donors (Lipinski definition) is 2. The van der Waals surface area contributed by atoms with E-state index in [-0.39, 0.29) is 17.4 Å². The highest BCUT2D eigenvalue weighted by Gasteiger charge is 2.21. The number of phenolic OH excluding ortho intramolecular Hbond substituents is 1. The van der Waals surface area contributed by atoms with Gasteiger partial charge < -0.3 is 15.2 Å². The van der Waals surface area contributed by atoms with E-state index in [4.69, 9.17) is 27.9 Å². The van der Waals surface area contributed by atoms with Crippen LogP contribution in [0.25, 0.3) is 11.3 Å². The van der Waals surface area contributed by atoms with Gasteiger partial charge >= 0.3 is 0 Å². The Labute approximate surface area is 158 Å². The van der Waals surface area contributed by atoms with E-state index in [0.29, 0.717) is 32.3 Å². The lowest BCUT2D eigenvalue weighted by Crippen LogP contribution is -2.36. The first-order chi connectivity index (χ1) is 11.3. The number of ether oxygens (including phenoxy) is 1. The van der Waals surface area contributed by atoms with Crippen LogP contribution in [0.5, 0.6) is 11.5 Å². The van der Waals surface area contributed by atoms with Crippen molar-refractivity contribution in [2.75, 3.05) is 6.54 Å². The van der Waals surface area contributed by atoms with Crippen LogP contribution in [-0.2, 0) is 4.79 Å². The zero-order chi connectivity index (χ0) is 17.9. The smallest absolute Gasteiger partial charge is 0.260 e. The molecule has 1 aromatic carbocycles. The van der Waals surface area contributed by atoms with Gasteiger partial charge in [-0.1, -0.05) is 23.2 Å². The minimum atomic E-state index is -0.781. The van der Waals surface area contributed by atoms with Gasteiger partial charge in [-0.3, -0.25) is 9.78 Å².